The quantitative estimate of drug-likeness (QED) is 0.586. The molecule has 0 atom stereocenters. The van der Waals surface area contributed by atoms with Crippen molar-refractivity contribution in [2.75, 3.05) is 0 Å². The maximum Gasteiger partial charge on any atom is 0.316 e. The highest BCUT2D eigenvalue weighted by Gasteiger charge is 2.27. The van der Waals surface area contributed by atoms with Gasteiger partial charge in [0.15, 0.2) is 5.82 Å². The highest BCUT2D eigenvalue weighted by molar-refractivity contribution is 7.89. The number of sulfonamides is 1. The van der Waals surface area contributed by atoms with E-state index in [1.54, 1.807) is 0 Å². The minimum absolute atomic E-state index is 0.0221. The first-order valence-electron chi connectivity index (χ1n) is 8.24. The molecule has 3 rings (SSSR count). The SMILES string of the molecule is O=[N+]([O-])c1ccc(S(=O)(=O)NC2CCC(Oc3ncc(F)cn3)CC2)cc1. The second-order valence-electron chi connectivity index (χ2n) is 6.15. The molecule has 0 radical (unpaired) electrons. The molecule has 1 aliphatic rings. The van der Waals surface area contributed by atoms with Crippen LogP contribution in [-0.2, 0) is 10.0 Å². The molecule has 1 heterocycles. The number of rotatable bonds is 6. The second-order valence-corrected chi connectivity index (χ2v) is 7.86. The lowest BCUT2D eigenvalue weighted by atomic mass is 9.94. The third-order valence-corrected chi connectivity index (χ3v) is 5.76. The minimum Gasteiger partial charge on any atom is -0.460 e. The van der Waals surface area contributed by atoms with E-state index in [9.17, 15) is 22.9 Å². The third-order valence-electron chi connectivity index (χ3n) is 4.22. The molecule has 0 aliphatic heterocycles. The largest absolute Gasteiger partial charge is 0.460 e. The number of nitrogens with zero attached hydrogens (tertiary/aromatic N) is 3. The van der Waals surface area contributed by atoms with Gasteiger partial charge in [0.05, 0.1) is 22.2 Å². The number of nitro groups is 1. The van der Waals surface area contributed by atoms with E-state index in [4.69, 9.17) is 4.74 Å². The van der Waals surface area contributed by atoms with Crippen LogP contribution in [0.5, 0.6) is 6.01 Å². The van der Waals surface area contributed by atoms with Gasteiger partial charge in [-0.25, -0.2) is 27.5 Å². The van der Waals surface area contributed by atoms with Crippen LogP contribution >= 0.6 is 0 Å². The van der Waals surface area contributed by atoms with Crippen LogP contribution in [0.3, 0.4) is 0 Å². The fourth-order valence-corrected chi connectivity index (χ4v) is 4.15. The molecule has 0 unspecified atom stereocenters. The van der Waals surface area contributed by atoms with E-state index < -0.39 is 20.8 Å². The molecule has 11 heteroatoms. The lowest BCUT2D eigenvalue weighted by molar-refractivity contribution is -0.384. The summed E-state index contributed by atoms with van der Waals surface area (Å²) in [5.41, 5.74) is -0.172. The van der Waals surface area contributed by atoms with Crippen molar-refractivity contribution < 1.29 is 22.5 Å². The van der Waals surface area contributed by atoms with Crippen molar-refractivity contribution in [3.63, 3.8) is 0 Å². The smallest absolute Gasteiger partial charge is 0.316 e. The average Bonchev–Trinajstić information content (AvgIpc) is 2.65. The van der Waals surface area contributed by atoms with Crippen LogP contribution in [0.1, 0.15) is 25.7 Å². The zero-order chi connectivity index (χ0) is 19.4. The molecule has 1 N–H and O–H groups in total. The van der Waals surface area contributed by atoms with Crippen molar-refractivity contribution in [2.45, 2.75) is 42.7 Å². The van der Waals surface area contributed by atoms with Crippen LogP contribution in [0, 0.1) is 15.9 Å². The molecule has 1 saturated carbocycles. The number of ether oxygens (including phenoxy) is 1. The van der Waals surface area contributed by atoms with Crippen LogP contribution in [0.25, 0.3) is 0 Å². The number of benzene rings is 1. The van der Waals surface area contributed by atoms with Gasteiger partial charge in [0.2, 0.25) is 10.0 Å². The molecule has 9 nitrogen and oxygen atoms in total. The van der Waals surface area contributed by atoms with Gasteiger partial charge in [-0.15, -0.1) is 0 Å². The molecule has 0 spiro atoms. The molecular weight excluding hydrogens is 379 g/mol. The van der Waals surface area contributed by atoms with E-state index >= 15 is 0 Å². The lowest BCUT2D eigenvalue weighted by Crippen LogP contribution is -2.39. The average molecular weight is 396 g/mol. The maximum atomic E-state index is 12.8. The van der Waals surface area contributed by atoms with E-state index in [1.165, 1.54) is 12.1 Å². The predicted molar refractivity (Wildman–Crippen MR) is 92.1 cm³/mol. The molecule has 1 aliphatic carbocycles. The number of halogens is 1. The van der Waals surface area contributed by atoms with Gasteiger partial charge in [-0.05, 0) is 37.8 Å². The predicted octanol–water partition coefficient (Wildman–Crippen LogP) is 2.19. The Kier molecular flexibility index (Phi) is 5.61. The molecule has 0 bridgehead atoms. The summed E-state index contributed by atoms with van der Waals surface area (Å²) in [6.07, 6.45) is 4.16. The molecular formula is C16H17FN4O5S. The van der Waals surface area contributed by atoms with Gasteiger partial charge in [-0.1, -0.05) is 0 Å². The van der Waals surface area contributed by atoms with E-state index in [-0.39, 0.29) is 28.7 Å². The van der Waals surface area contributed by atoms with Gasteiger partial charge >= 0.3 is 6.01 Å². The number of non-ortho nitro benzene ring substituents is 1. The van der Waals surface area contributed by atoms with Crippen LogP contribution in [0.2, 0.25) is 0 Å². The zero-order valence-corrected chi connectivity index (χ0v) is 14.9. The van der Waals surface area contributed by atoms with Gasteiger partial charge in [0.25, 0.3) is 5.69 Å². The van der Waals surface area contributed by atoms with Crippen molar-refractivity contribution in [2.24, 2.45) is 0 Å². The van der Waals surface area contributed by atoms with E-state index in [0.29, 0.717) is 25.7 Å². The van der Waals surface area contributed by atoms with Crippen molar-refractivity contribution in [3.8, 4) is 6.01 Å². The maximum absolute atomic E-state index is 12.8. The lowest BCUT2D eigenvalue weighted by Gasteiger charge is -2.28. The molecule has 0 amide bonds. The number of nitrogens with one attached hydrogen (secondary N) is 1. The molecule has 1 aromatic heterocycles. The summed E-state index contributed by atoms with van der Waals surface area (Å²) in [7, 11) is -3.76. The van der Waals surface area contributed by atoms with E-state index in [1.807, 2.05) is 0 Å². The highest BCUT2D eigenvalue weighted by atomic mass is 32.2. The van der Waals surface area contributed by atoms with Crippen LogP contribution in [0.4, 0.5) is 10.1 Å². The third kappa shape index (κ3) is 4.95. The Labute approximate surface area is 154 Å². The molecule has 1 aromatic carbocycles. The Morgan fingerprint density at radius 1 is 1.11 bits per heavy atom. The van der Waals surface area contributed by atoms with Crippen LogP contribution in [-0.4, -0.2) is 35.5 Å². The van der Waals surface area contributed by atoms with Gasteiger partial charge in [-0.3, -0.25) is 10.1 Å². The van der Waals surface area contributed by atoms with Crippen molar-refractivity contribution in [1.82, 2.24) is 14.7 Å². The van der Waals surface area contributed by atoms with Crippen LogP contribution in [0.15, 0.2) is 41.6 Å². The van der Waals surface area contributed by atoms with E-state index in [2.05, 4.69) is 14.7 Å². The Morgan fingerprint density at radius 2 is 1.70 bits per heavy atom. The number of hydrogen-bond acceptors (Lipinski definition) is 7. The molecule has 2 aromatic rings. The monoisotopic (exact) mass is 396 g/mol. The number of nitro benzene ring substituents is 1. The Bertz CT molecular complexity index is 897. The zero-order valence-electron chi connectivity index (χ0n) is 14.1. The summed E-state index contributed by atoms with van der Waals surface area (Å²) >= 11 is 0. The van der Waals surface area contributed by atoms with Crippen molar-refractivity contribution in [1.29, 1.82) is 0 Å². The number of aromatic nitrogens is 2. The first-order chi connectivity index (χ1) is 12.8. The second kappa shape index (κ2) is 7.92. The standard InChI is InChI=1S/C16H17FN4O5S/c17-11-9-18-16(19-10-11)26-14-5-1-12(2-6-14)20-27(24,25)15-7-3-13(4-8-15)21(22)23/h3-4,7-10,12,14,20H,1-2,5-6H2. The molecule has 144 valence electrons. The Hall–Kier alpha value is -2.66. The Morgan fingerprint density at radius 3 is 2.26 bits per heavy atom. The summed E-state index contributed by atoms with van der Waals surface area (Å²) in [6, 6.07) is 4.55. The summed E-state index contributed by atoms with van der Waals surface area (Å²) in [6.45, 7) is 0. The normalized spacial score (nSPS) is 20.2. The first kappa shape index (κ1) is 19.1. The fourth-order valence-electron chi connectivity index (χ4n) is 2.84. The number of hydrogen-bond donors (Lipinski definition) is 1. The summed E-state index contributed by atoms with van der Waals surface area (Å²) in [5, 5.41) is 10.7. The van der Waals surface area contributed by atoms with Crippen LogP contribution < -0.4 is 9.46 Å². The first-order valence-corrected chi connectivity index (χ1v) is 9.73. The fraction of sp³-hybridized carbons (Fsp3) is 0.375. The summed E-state index contributed by atoms with van der Waals surface area (Å²) in [5.74, 6) is -0.549. The summed E-state index contributed by atoms with van der Waals surface area (Å²) in [4.78, 5) is 17.5. The highest BCUT2D eigenvalue weighted by Crippen LogP contribution is 2.24. The minimum atomic E-state index is -3.76. The molecule has 1 fully saturated rings. The van der Waals surface area contributed by atoms with Crippen molar-refractivity contribution in [3.05, 3.63) is 52.6 Å². The molecule has 0 saturated heterocycles. The van der Waals surface area contributed by atoms with Gasteiger partial charge in [-0.2, -0.15) is 0 Å². The van der Waals surface area contributed by atoms with Gasteiger partial charge in [0, 0.05) is 18.2 Å². The van der Waals surface area contributed by atoms with E-state index in [0.717, 1.165) is 24.5 Å². The summed E-state index contributed by atoms with van der Waals surface area (Å²) < 4.78 is 45.8. The van der Waals surface area contributed by atoms with Crippen molar-refractivity contribution >= 4 is 15.7 Å². The molecule has 27 heavy (non-hydrogen) atoms. The topological polar surface area (TPSA) is 124 Å². The Balaban J connectivity index is 1.54. The van der Waals surface area contributed by atoms with Gasteiger partial charge < -0.3 is 4.74 Å². The van der Waals surface area contributed by atoms with Gasteiger partial charge in [0.1, 0.15) is 6.10 Å².